The topological polar surface area (TPSA) is 29.4 Å². The van der Waals surface area contributed by atoms with Crippen LogP contribution in [0, 0.1) is 0 Å². The Morgan fingerprint density at radius 1 is 1.09 bits per heavy atom. The van der Waals surface area contributed by atoms with Crippen molar-refractivity contribution in [2.75, 3.05) is 0 Å². The van der Waals surface area contributed by atoms with Crippen molar-refractivity contribution in [1.29, 1.82) is 0 Å². The number of ketones is 1. The van der Waals surface area contributed by atoms with Gasteiger partial charge in [0.15, 0.2) is 0 Å². The van der Waals surface area contributed by atoms with Gasteiger partial charge in [-0.3, -0.25) is 9.79 Å². The first-order valence-corrected chi connectivity index (χ1v) is 8.71. The molecule has 0 heterocycles. The van der Waals surface area contributed by atoms with Gasteiger partial charge in [-0.2, -0.15) is 0 Å². The number of hydrogen-bond donors (Lipinski definition) is 0. The van der Waals surface area contributed by atoms with Crippen molar-refractivity contribution in [1.82, 2.24) is 0 Å². The lowest BCUT2D eigenvalue weighted by Crippen LogP contribution is -2.14. The van der Waals surface area contributed by atoms with E-state index in [1.807, 2.05) is 47.6 Å². The highest BCUT2D eigenvalue weighted by atomic mass is 35.5. The Morgan fingerprint density at radius 3 is 2.17 bits per heavy atom. The predicted molar refractivity (Wildman–Crippen MR) is 105 cm³/mol. The molecule has 0 radical (unpaired) electrons. The number of aliphatic imine (C=N–C) groups is 1. The highest BCUT2D eigenvalue weighted by Gasteiger charge is 2.23. The Kier molecular flexibility index (Phi) is 14.3. The van der Waals surface area contributed by atoms with E-state index in [-0.39, 0.29) is 5.78 Å². The Balaban J connectivity index is 0. The maximum atomic E-state index is 12.3. The number of hydrogen-bond acceptors (Lipinski definition) is 2. The van der Waals surface area contributed by atoms with E-state index in [0.29, 0.717) is 22.7 Å². The molecule has 23 heavy (non-hydrogen) atoms. The molecule has 0 saturated heterocycles. The quantitative estimate of drug-likeness (QED) is 0.526. The van der Waals surface area contributed by atoms with Gasteiger partial charge in [0.1, 0.15) is 5.71 Å². The van der Waals surface area contributed by atoms with Crippen molar-refractivity contribution >= 4 is 23.1 Å². The second-order valence-corrected chi connectivity index (χ2v) is 4.33. The Hall–Kier alpha value is -1.67. The summed E-state index contributed by atoms with van der Waals surface area (Å²) in [5.74, 6) is -0.0981. The summed E-state index contributed by atoms with van der Waals surface area (Å²) in [5, 5.41) is 0.645. The van der Waals surface area contributed by atoms with Gasteiger partial charge in [0.25, 0.3) is 0 Å². The largest absolute Gasteiger partial charge is 0.287 e. The highest BCUT2D eigenvalue weighted by Crippen LogP contribution is 2.24. The number of fused-ring (bicyclic) bond motifs is 1. The second kappa shape index (κ2) is 14.0. The van der Waals surface area contributed by atoms with E-state index in [1.54, 1.807) is 12.1 Å². The standard InChI is InChI=1S/C14H12ClNO.3C2H6/c1-3-16-13-9(2)4-5-10-8-11(15)6-7-12(10)14(13)17;3*1-2/h3,6-8H,1-2,4-5H2;3*1-2H3. The van der Waals surface area contributed by atoms with Crippen molar-refractivity contribution in [3.05, 3.63) is 59.3 Å². The van der Waals surface area contributed by atoms with Gasteiger partial charge in [0.05, 0.1) is 0 Å². The molecule has 128 valence electrons. The molecule has 1 aliphatic rings. The Labute approximate surface area is 147 Å². The molecule has 0 atom stereocenters. The summed E-state index contributed by atoms with van der Waals surface area (Å²) in [6.07, 6.45) is 2.85. The van der Waals surface area contributed by atoms with Crippen LogP contribution >= 0.6 is 11.6 Å². The summed E-state index contributed by atoms with van der Waals surface area (Å²) >= 11 is 5.93. The molecule has 2 rings (SSSR count). The predicted octanol–water partition coefficient (Wildman–Crippen LogP) is 6.69. The average molecular weight is 336 g/mol. The SMILES string of the molecule is C=CN=C1C(=C)CCc2cc(Cl)ccc2C1=O.CC.CC.CC. The molecule has 0 bridgehead atoms. The van der Waals surface area contributed by atoms with E-state index in [9.17, 15) is 4.79 Å². The van der Waals surface area contributed by atoms with E-state index in [1.165, 1.54) is 6.20 Å². The van der Waals surface area contributed by atoms with Gasteiger partial charge in [-0.05, 0) is 42.2 Å². The van der Waals surface area contributed by atoms with Crippen LogP contribution in [0.2, 0.25) is 5.02 Å². The van der Waals surface area contributed by atoms with E-state index < -0.39 is 0 Å². The summed E-state index contributed by atoms with van der Waals surface area (Å²) in [6, 6.07) is 5.30. The Bertz CT molecular complexity index is 545. The number of halogens is 1. The van der Waals surface area contributed by atoms with Crippen molar-refractivity contribution in [2.24, 2.45) is 4.99 Å². The number of carbonyl (C=O) groups is 1. The minimum Gasteiger partial charge on any atom is -0.287 e. The number of rotatable bonds is 1. The van der Waals surface area contributed by atoms with Crippen LogP contribution in [0.15, 0.2) is 48.1 Å². The smallest absolute Gasteiger partial charge is 0.211 e. The van der Waals surface area contributed by atoms with Crippen LogP contribution in [0.3, 0.4) is 0 Å². The van der Waals surface area contributed by atoms with Gasteiger partial charge in [0.2, 0.25) is 5.78 Å². The molecular weight excluding hydrogens is 306 g/mol. The zero-order chi connectivity index (χ0) is 18.4. The fraction of sp³-hybridized carbons (Fsp3) is 0.400. The minimum absolute atomic E-state index is 0.0981. The van der Waals surface area contributed by atoms with Crippen molar-refractivity contribution < 1.29 is 4.79 Å². The molecular formula is C20H30ClNO. The van der Waals surface area contributed by atoms with Crippen LogP contribution < -0.4 is 0 Å². The normalized spacial score (nSPS) is 14.0. The van der Waals surface area contributed by atoms with E-state index in [4.69, 9.17) is 11.6 Å². The molecule has 1 aliphatic carbocycles. The van der Waals surface area contributed by atoms with Crippen molar-refractivity contribution in [3.63, 3.8) is 0 Å². The van der Waals surface area contributed by atoms with Crippen LogP contribution in [-0.2, 0) is 6.42 Å². The summed E-state index contributed by atoms with van der Waals surface area (Å²) < 4.78 is 0. The zero-order valence-electron chi connectivity index (χ0n) is 15.4. The van der Waals surface area contributed by atoms with Crippen LogP contribution in [-0.4, -0.2) is 11.5 Å². The average Bonchev–Trinajstić information content (AvgIpc) is 2.72. The number of benzene rings is 1. The molecule has 3 heteroatoms. The van der Waals surface area contributed by atoms with Crippen LogP contribution in [0.25, 0.3) is 0 Å². The lowest BCUT2D eigenvalue weighted by atomic mass is 10.0. The molecule has 0 aromatic heterocycles. The van der Waals surface area contributed by atoms with Gasteiger partial charge in [-0.1, -0.05) is 66.3 Å². The minimum atomic E-state index is -0.0981. The van der Waals surface area contributed by atoms with Crippen LogP contribution in [0.5, 0.6) is 0 Å². The summed E-state index contributed by atoms with van der Waals surface area (Å²) in [7, 11) is 0. The molecule has 1 aromatic rings. The van der Waals surface area contributed by atoms with Gasteiger partial charge in [0, 0.05) is 16.8 Å². The third-order valence-electron chi connectivity index (χ3n) is 2.78. The van der Waals surface area contributed by atoms with Gasteiger partial charge >= 0.3 is 0 Å². The molecule has 1 aromatic carbocycles. The van der Waals surface area contributed by atoms with Gasteiger partial charge in [-0.25, -0.2) is 0 Å². The van der Waals surface area contributed by atoms with E-state index in [0.717, 1.165) is 17.6 Å². The molecule has 0 saturated carbocycles. The monoisotopic (exact) mass is 335 g/mol. The molecule has 0 amide bonds. The molecule has 0 aliphatic heterocycles. The summed E-state index contributed by atoms with van der Waals surface area (Å²) in [5.41, 5.74) is 2.77. The first kappa shape index (κ1) is 23.6. The maximum Gasteiger partial charge on any atom is 0.211 e. The second-order valence-electron chi connectivity index (χ2n) is 3.89. The lowest BCUT2D eigenvalue weighted by Gasteiger charge is -2.04. The third kappa shape index (κ3) is 6.96. The number of allylic oxidation sites excluding steroid dienone is 1. The van der Waals surface area contributed by atoms with Gasteiger partial charge < -0.3 is 0 Å². The Morgan fingerprint density at radius 2 is 1.65 bits per heavy atom. The number of aryl methyl sites for hydroxylation is 1. The molecule has 0 N–H and O–H groups in total. The zero-order valence-corrected chi connectivity index (χ0v) is 16.1. The fourth-order valence-corrected chi connectivity index (χ4v) is 2.12. The third-order valence-corrected chi connectivity index (χ3v) is 3.01. The van der Waals surface area contributed by atoms with Crippen LogP contribution in [0.1, 0.15) is 63.9 Å². The van der Waals surface area contributed by atoms with E-state index >= 15 is 0 Å². The molecule has 0 unspecified atom stereocenters. The number of Topliss-reactive ketones (excluding diaryl/α,β-unsaturated/α-hetero) is 1. The van der Waals surface area contributed by atoms with Crippen LogP contribution in [0.4, 0.5) is 0 Å². The first-order valence-electron chi connectivity index (χ1n) is 8.33. The number of nitrogens with zero attached hydrogens (tertiary/aromatic N) is 1. The van der Waals surface area contributed by atoms with Crippen molar-refractivity contribution in [3.8, 4) is 0 Å². The number of carbonyl (C=O) groups excluding carboxylic acids is 1. The summed E-state index contributed by atoms with van der Waals surface area (Å²) in [6.45, 7) is 19.4. The molecule has 2 nitrogen and oxygen atoms in total. The highest BCUT2D eigenvalue weighted by molar-refractivity contribution is 6.52. The maximum absolute atomic E-state index is 12.3. The van der Waals surface area contributed by atoms with E-state index in [2.05, 4.69) is 18.2 Å². The molecule has 0 spiro atoms. The lowest BCUT2D eigenvalue weighted by molar-refractivity contribution is 0.106. The summed E-state index contributed by atoms with van der Waals surface area (Å²) in [4.78, 5) is 16.3. The van der Waals surface area contributed by atoms with Crippen molar-refractivity contribution in [2.45, 2.75) is 54.4 Å². The first-order chi connectivity index (χ1) is 11.1. The molecule has 0 fully saturated rings. The van der Waals surface area contributed by atoms with Gasteiger partial charge in [-0.15, -0.1) is 0 Å². The fourth-order valence-electron chi connectivity index (χ4n) is 1.92.